The quantitative estimate of drug-likeness (QED) is 0.912. The van der Waals surface area contributed by atoms with E-state index in [1.807, 2.05) is 0 Å². The average molecular weight is 269 g/mol. The lowest BCUT2D eigenvalue weighted by atomic mass is 10.0. The van der Waals surface area contributed by atoms with Crippen molar-refractivity contribution in [1.29, 1.82) is 0 Å². The van der Waals surface area contributed by atoms with E-state index >= 15 is 0 Å². The van der Waals surface area contributed by atoms with Gasteiger partial charge in [0.25, 0.3) is 0 Å². The van der Waals surface area contributed by atoms with Crippen molar-refractivity contribution >= 4 is 16.5 Å². The molecule has 0 saturated heterocycles. The molecule has 0 spiro atoms. The summed E-state index contributed by atoms with van der Waals surface area (Å²) in [5.74, 6) is 0.425. The molecule has 20 heavy (non-hydrogen) atoms. The van der Waals surface area contributed by atoms with Crippen LogP contribution in [0.4, 0.5) is 5.69 Å². The minimum atomic E-state index is -0.112. The normalized spacial score (nSPS) is 22.3. The summed E-state index contributed by atoms with van der Waals surface area (Å²) in [6.45, 7) is 4.14. The Bertz CT molecular complexity index is 575. The minimum Gasteiger partial charge on any atom is -0.393 e. The van der Waals surface area contributed by atoms with Crippen molar-refractivity contribution in [3.8, 4) is 0 Å². The van der Waals surface area contributed by atoms with E-state index in [9.17, 15) is 5.11 Å². The smallest absolute Gasteiger partial charge is 0.0585 e. The summed E-state index contributed by atoms with van der Waals surface area (Å²) in [5, 5.41) is 12.7. The predicted octanol–water partition coefficient (Wildman–Crippen LogP) is 3.83. The van der Waals surface area contributed by atoms with E-state index in [4.69, 9.17) is 0 Å². The van der Waals surface area contributed by atoms with Gasteiger partial charge in [-0.25, -0.2) is 0 Å². The number of hydrogen-bond donors (Lipinski definition) is 1. The fourth-order valence-corrected chi connectivity index (χ4v) is 3.40. The first kappa shape index (κ1) is 13.4. The third-order valence-electron chi connectivity index (χ3n) is 4.56. The molecule has 2 atom stereocenters. The number of benzene rings is 2. The molecule has 1 N–H and O–H groups in total. The molecule has 2 nitrogen and oxygen atoms in total. The molecule has 1 aliphatic rings. The Hall–Kier alpha value is -1.54. The van der Waals surface area contributed by atoms with Gasteiger partial charge in [0.15, 0.2) is 0 Å². The van der Waals surface area contributed by atoms with Gasteiger partial charge < -0.3 is 10.0 Å². The number of aliphatic hydroxyl groups is 1. The monoisotopic (exact) mass is 269 g/mol. The molecule has 0 aromatic heterocycles. The van der Waals surface area contributed by atoms with Gasteiger partial charge in [-0.2, -0.15) is 0 Å². The van der Waals surface area contributed by atoms with Gasteiger partial charge in [0, 0.05) is 30.1 Å². The average Bonchev–Trinajstić information content (AvgIpc) is 2.89. The van der Waals surface area contributed by atoms with E-state index in [1.54, 1.807) is 0 Å². The van der Waals surface area contributed by atoms with Crippen LogP contribution in [0.5, 0.6) is 0 Å². The van der Waals surface area contributed by atoms with Crippen molar-refractivity contribution in [3.63, 3.8) is 0 Å². The first-order chi connectivity index (χ1) is 9.79. The molecular formula is C18H23NO. The van der Waals surface area contributed by atoms with Gasteiger partial charge in [-0.15, -0.1) is 0 Å². The highest BCUT2D eigenvalue weighted by Gasteiger charge is 2.27. The molecule has 2 heteroatoms. The van der Waals surface area contributed by atoms with Crippen LogP contribution in [0.2, 0.25) is 0 Å². The molecule has 2 aromatic rings. The van der Waals surface area contributed by atoms with Gasteiger partial charge in [0.1, 0.15) is 0 Å². The van der Waals surface area contributed by atoms with Crippen LogP contribution in [-0.2, 0) is 0 Å². The van der Waals surface area contributed by atoms with Crippen LogP contribution >= 0.6 is 0 Å². The number of hydrogen-bond acceptors (Lipinski definition) is 2. The number of fused-ring (bicyclic) bond motifs is 1. The first-order valence-electron chi connectivity index (χ1n) is 7.70. The molecule has 0 amide bonds. The lowest BCUT2D eigenvalue weighted by molar-refractivity contribution is 0.135. The molecular weight excluding hydrogens is 246 g/mol. The van der Waals surface area contributed by atoms with Crippen LogP contribution in [0.3, 0.4) is 0 Å². The van der Waals surface area contributed by atoms with Crippen LogP contribution in [0, 0.1) is 5.92 Å². The van der Waals surface area contributed by atoms with Crippen LogP contribution in [-0.4, -0.2) is 24.3 Å². The molecule has 3 rings (SSSR count). The maximum Gasteiger partial charge on any atom is 0.0585 e. The number of anilines is 1. The topological polar surface area (TPSA) is 23.5 Å². The van der Waals surface area contributed by atoms with E-state index < -0.39 is 0 Å². The Morgan fingerprint density at radius 1 is 1.10 bits per heavy atom. The van der Waals surface area contributed by atoms with E-state index in [0.717, 1.165) is 25.9 Å². The third kappa shape index (κ3) is 2.53. The summed E-state index contributed by atoms with van der Waals surface area (Å²) in [5.41, 5.74) is 1.30. The second-order valence-electron chi connectivity index (χ2n) is 5.80. The van der Waals surface area contributed by atoms with E-state index in [2.05, 4.69) is 54.3 Å². The highest BCUT2D eigenvalue weighted by Crippen LogP contribution is 2.31. The maximum absolute atomic E-state index is 10.1. The van der Waals surface area contributed by atoms with E-state index in [1.165, 1.54) is 22.9 Å². The van der Waals surface area contributed by atoms with Crippen molar-refractivity contribution < 1.29 is 5.11 Å². The SMILES string of the molecule is CCN(CC1CCCC1O)c1cccc2ccccc12. The summed E-state index contributed by atoms with van der Waals surface area (Å²) >= 11 is 0. The van der Waals surface area contributed by atoms with Crippen molar-refractivity contribution in [1.82, 2.24) is 0 Å². The highest BCUT2D eigenvalue weighted by molar-refractivity contribution is 5.94. The third-order valence-corrected chi connectivity index (χ3v) is 4.56. The van der Waals surface area contributed by atoms with Gasteiger partial charge in [-0.05, 0) is 31.2 Å². The number of rotatable bonds is 4. The van der Waals surface area contributed by atoms with Gasteiger partial charge >= 0.3 is 0 Å². The van der Waals surface area contributed by atoms with Crippen molar-refractivity contribution in [2.24, 2.45) is 5.92 Å². The summed E-state index contributed by atoms with van der Waals surface area (Å²) < 4.78 is 0. The van der Waals surface area contributed by atoms with Gasteiger partial charge in [0.05, 0.1) is 6.10 Å². The molecule has 0 aliphatic heterocycles. The van der Waals surface area contributed by atoms with Crippen molar-refractivity contribution in [3.05, 3.63) is 42.5 Å². The summed E-state index contributed by atoms with van der Waals surface area (Å²) in [7, 11) is 0. The zero-order chi connectivity index (χ0) is 13.9. The Labute approximate surface area is 121 Å². The van der Waals surface area contributed by atoms with Crippen LogP contribution in [0.25, 0.3) is 10.8 Å². The lowest BCUT2D eigenvalue weighted by Crippen LogP contribution is -2.32. The fourth-order valence-electron chi connectivity index (χ4n) is 3.40. The summed E-state index contributed by atoms with van der Waals surface area (Å²) in [6.07, 6.45) is 3.18. The zero-order valence-electron chi connectivity index (χ0n) is 12.1. The molecule has 1 aliphatic carbocycles. The molecule has 1 saturated carbocycles. The van der Waals surface area contributed by atoms with Crippen LogP contribution in [0.1, 0.15) is 26.2 Å². The van der Waals surface area contributed by atoms with Crippen LogP contribution < -0.4 is 4.90 Å². The molecule has 106 valence electrons. The van der Waals surface area contributed by atoms with Crippen molar-refractivity contribution in [2.75, 3.05) is 18.0 Å². The molecule has 0 radical (unpaired) electrons. The Kier molecular flexibility index (Phi) is 3.93. The molecule has 1 fully saturated rings. The maximum atomic E-state index is 10.1. The Morgan fingerprint density at radius 2 is 1.90 bits per heavy atom. The van der Waals surface area contributed by atoms with Gasteiger partial charge in [0.2, 0.25) is 0 Å². The summed E-state index contributed by atoms with van der Waals surface area (Å²) in [6, 6.07) is 15.0. The minimum absolute atomic E-state index is 0.112. The second kappa shape index (κ2) is 5.84. The van der Waals surface area contributed by atoms with Crippen molar-refractivity contribution in [2.45, 2.75) is 32.3 Å². The number of aliphatic hydroxyl groups excluding tert-OH is 1. The lowest BCUT2D eigenvalue weighted by Gasteiger charge is -2.29. The van der Waals surface area contributed by atoms with E-state index in [0.29, 0.717) is 5.92 Å². The largest absolute Gasteiger partial charge is 0.393 e. The Balaban J connectivity index is 1.91. The van der Waals surface area contributed by atoms with Crippen LogP contribution in [0.15, 0.2) is 42.5 Å². The van der Waals surface area contributed by atoms with Gasteiger partial charge in [-0.1, -0.05) is 42.8 Å². The molecule has 2 unspecified atom stereocenters. The van der Waals surface area contributed by atoms with Gasteiger partial charge in [-0.3, -0.25) is 0 Å². The first-order valence-corrected chi connectivity index (χ1v) is 7.70. The predicted molar refractivity (Wildman–Crippen MR) is 85.2 cm³/mol. The fraction of sp³-hybridized carbons (Fsp3) is 0.444. The zero-order valence-corrected chi connectivity index (χ0v) is 12.1. The van der Waals surface area contributed by atoms with E-state index in [-0.39, 0.29) is 6.10 Å². The standard InChI is InChI=1S/C18H23NO/c1-2-19(13-15-9-6-12-18(15)20)17-11-5-8-14-7-3-4-10-16(14)17/h3-5,7-8,10-11,15,18,20H,2,6,9,12-13H2,1H3. The molecule has 2 aromatic carbocycles. The Morgan fingerprint density at radius 3 is 2.65 bits per heavy atom. The molecule has 0 bridgehead atoms. The number of nitrogens with zero attached hydrogens (tertiary/aromatic N) is 1. The molecule has 0 heterocycles. The summed E-state index contributed by atoms with van der Waals surface area (Å²) in [4.78, 5) is 2.42. The second-order valence-corrected chi connectivity index (χ2v) is 5.80. The highest BCUT2D eigenvalue weighted by atomic mass is 16.3.